The lowest BCUT2D eigenvalue weighted by Gasteiger charge is -2.12. The van der Waals surface area contributed by atoms with Crippen LogP contribution in [0.5, 0.6) is 5.88 Å². The van der Waals surface area contributed by atoms with Gasteiger partial charge in [0.2, 0.25) is 5.88 Å². The van der Waals surface area contributed by atoms with Crippen LogP contribution in [0, 0.1) is 11.8 Å². The van der Waals surface area contributed by atoms with Crippen molar-refractivity contribution in [2.24, 2.45) is 0 Å². The molecule has 0 amide bonds. The summed E-state index contributed by atoms with van der Waals surface area (Å²) in [5.41, 5.74) is -0.0490. The molecule has 0 saturated heterocycles. The van der Waals surface area contributed by atoms with E-state index in [1.807, 2.05) is 0 Å². The normalized spacial score (nSPS) is 10.7. The van der Waals surface area contributed by atoms with Crippen molar-refractivity contribution < 1.29 is 17.9 Å². The second-order valence-corrected chi connectivity index (χ2v) is 4.39. The molecule has 0 aliphatic heterocycles. The fourth-order valence-electron chi connectivity index (χ4n) is 1.88. The Morgan fingerprint density at radius 1 is 1.18 bits per heavy atom. The molecule has 114 valence electrons. The molecule has 1 aromatic heterocycles. The summed E-state index contributed by atoms with van der Waals surface area (Å²) in [6, 6.07) is 6.95. The molecule has 0 bridgehead atoms. The molecular formula is C16H13F3N2O. The smallest absolute Gasteiger partial charge is 0.416 e. The Morgan fingerprint density at radius 3 is 2.68 bits per heavy atom. The Kier molecular flexibility index (Phi) is 4.99. The molecule has 6 heteroatoms. The van der Waals surface area contributed by atoms with Crippen molar-refractivity contribution in [3.63, 3.8) is 0 Å². The van der Waals surface area contributed by atoms with Crippen molar-refractivity contribution in [1.29, 1.82) is 0 Å². The van der Waals surface area contributed by atoms with Crippen molar-refractivity contribution in [1.82, 2.24) is 9.97 Å². The van der Waals surface area contributed by atoms with Gasteiger partial charge in [-0.05, 0) is 18.6 Å². The highest BCUT2D eigenvalue weighted by Gasteiger charge is 2.32. The second-order valence-electron chi connectivity index (χ2n) is 4.39. The Hall–Kier alpha value is -2.55. The van der Waals surface area contributed by atoms with Crippen LogP contribution in [-0.4, -0.2) is 16.6 Å². The van der Waals surface area contributed by atoms with Gasteiger partial charge >= 0.3 is 6.18 Å². The van der Waals surface area contributed by atoms with Crippen LogP contribution in [0.2, 0.25) is 0 Å². The predicted octanol–water partition coefficient (Wildman–Crippen LogP) is 3.49. The number of alkyl halides is 3. The summed E-state index contributed by atoms with van der Waals surface area (Å²) in [5.74, 6) is 5.68. The van der Waals surface area contributed by atoms with Gasteiger partial charge in [0.25, 0.3) is 0 Å². The van der Waals surface area contributed by atoms with Gasteiger partial charge in [-0.25, -0.2) is 9.97 Å². The number of nitrogens with zero attached hydrogens (tertiary/aromatic N) is 2. The summed E-state index contributed by atoms with van der Waals surface area (Å²) >= 11 is 0. The first kappa shape index (κ1) is 15.8. The molecule has 1 heterocycles. The minimum Gasteiger partial charge on any atom is -0.464 e. The highest BCUT2D eigenvalue weighted by atomic mass is 19.4. The van der Waals surface area contributed by atoms with Gasteiger partial charge in [0.05, 0.1) is 11.3 Å². The fraction of sp³-hybridized carbons (Fsp3) is 0.250. The van der Waals surface area contributed by atoms with E-state index in [2.05, 4.69) is 21.8 Å². The van der Waals surface area contributed by atoms with Gasteiger partial charge in [0.15, 0.2) is 6.61 Å². The third kappa shape index (κ3) is 4.22. The van der Waals surface area contributed by atoms with E-state index in [0.29, 0.717) is 5.69 Å². The molecule has 3 nitrogen and oxygen atoms in total. The van der Waals surface area contributed by atoms with Crippen LogP contribution in [0.25, 0.3) is 0 Å². The number of halogens is 3. The van der Waals surface area contributed by atoms with Gasteiger partial charge in [0.1, 0.15) is 6.33 Å². The van der Waals surface area contributed by atoms with E-state index in [-0.39, 0.29) is 24.5 Å². The van der Waals surface area contributed by atoms with Crippen LogP contribution < -0.4 is 4.74 Å². The van der Waals surface area contributed by atoms with Crippen LogP contribution in [0.3, 0.4) is 0 Å². The molecule has 0 N–H and O–H groups in total. The first-order valence-corrected chi connectivity index (χ1v) is 6.49. The maximum Gasteiger partial charge on any atom is 0.416 e. The third-order valence-corrected chi connectivity index (χ3v) is 2.86. The standard InChI is InChI=1S/C16H13F3N2O/c1-2-3-8-22-15-10-13(20-11-21-15)9-12-6-4-5-7-14(12)16(17,18)19/h4-7,10-11H,8-9H2,1H3. The highest BCUT2D eigenvalue weighted by Crippen LogP contribution is 2.32. The van der Waals surface area contributed by atoms with Crippen LogP contribution in [-0.2, 0) is 12.6 Å². The fourth-order valence-corrected chi connectivity index (χ4v) is 1.88. The number of benzene rings is 1. The average molecular weight is 306 g/mol. The molecule has 0 spiro atoms. The molecule has 0 fully saturated rings. The molecule has 1 aromatic carbocycles. The molecule has 0 atom stereocenters. The lowest BCUT2D eigenvalue weighted by atomic mass is 10.0. The van der Waals surface area contributed by atoms with E-state index < -0.39 is 11.7 Å². The average Bonchev–Trinajstić information content (AvgIpc) is 2.47. The molecule has 2 aromatic rings. The Morgan fingerprint density at radius 2 is 1.95 bits per heavy atom. The van der Waals surface area contributed by atoms with Crippen LogP contribution in [0.15, 0.2) is 36.7 Å². The van der Waals surface area contributed by atoms with Gasteiger partial charge in [-0.15, -0.1) is 5.92 Å². The maximum atomic E-state index is 13.0. The topological polar surface area (TPSA) is 35.0 Å². The van der Waals surface area contributed by atoms with Crippen LogP contribution in [0.1, 0.15) is 23.7 Å². The van der Waals surface area contributed by atoms with Crippen LogP contribution >= 0.6 is 0 Å². The molecule has 0 saturated carbocycles. The summed E-state index contributed by atoms with van der Waals surface area (Å²) in [7, 11) is 0. The Bertz CT molecular complexity index is 702. The Balaban J connectivity index is 2.20. The monoisotopic (exact) mass is 306 g/mol. The largest absolute Gasteiger partial charge is 0.464 e. The van der Waals surface area contributed by atoms with E-state index in [4.69, 9.17) is 4.74 Å². The lowest BCUT2D eigenvalue weighted by Crippen LogP contribution is -2.09. The van der Waals surface area contributed by atoms with Gasteiger partial charge in [-0.3, -0.25) is 0 Å². The summed E-state index contributed by atoms with van der Waals surface area (Å²) in [6.45, 7) is 1.86. The summed E-state index contributed by atoms with van der Waals surface area (Å²) in [4.78, 5) is 7.89. The molecular weight excluding hydrogens is 293 g/mol. The SMILES string of the molecule is CC#CCOc1cc(Cc2ccccc2C(F)(F)F)ncn1. The summed E-state index contributed by atoms with van der Waals surface area (Å²) in [5, 5.41) is 0. The number of aromatic nitrogens is 2. The minimum absolute atomic E-state index is 0.0496. The van der Waals surface area contributed by atoms with Gasteiger partial charge < -0.3 is 4.74 Å². The van der Waals surface area contributed by atoms with Crippen molar-refractivity contribution in [3.05, 3.63) is 53.5 Å². The van der Waals surface area contributed by atoms with Crippen molar-refractivity contribution in [2.45, 2.75) is 19.5 Å². The summed E-state index contributed by atoms with van der Waals surface area (Å²) in [6.07, 6.45) is -3.08. The van der Waals surface area contributed by atoms with Crippen LogP contribution in [0.4, 0.5) is 13.2 Å². The van der Waals surface area contributed by atoms with E-state index in [1.54, 1.807) is 13.0 Å². The second kappa shape index (κ2) is 6.94. The third-order valence-electron chi connectivity index (χ3n) is 2.86. The van der Waals surface area contributed by atoms with Crippen molar-refractivity contribution in [2.75, 3.05) is 6.61 Å². The first-order valence-electron chi connectivity index (χ1n) is 6.49. The number of hydrogen-bond acceptors (Lipinski definition) is 3. The molecule has 0 aliphatic carbocycles. The first-order chi connectivity index (χ1) is 10.5. The summed E-state index contributed by atoms with van der Waals surface area (Å²) < 4.78 is 44.2. The number of rotatable bonds is 4. The molecule has 22 heavy (non-hydrogen) atoms. The molecule has 2 rings (SSSR count). The quantitative estimate of drug-likeness (QED) is 0.811. The van der Waals surface area contributed by atoms with Gasteiger partial charge in [-0.1, -0.05) is 24.1 Å². The van der Waals surface area contributed by atoms with E-state index >= 15 is 0 Å². The van der Waals surface area contributed by atoms with E-state index in [0.717, 1.165) is 6.07 Å². The Labute approximate surface area is 126 Å². The highest BCUT2D eigenvalue weighted by molar-refractivity contribution is 5.33. The predicted molar refractivity (Wildman–Crippen MR) is 75.2 cm³/mol. The number of ether oxygens (including phenoxy) is 1. The molecule has 0 unspecified atom stereocenters. The zero-order valence-corrected chi connectivity index (χ0v) is 11.8. The van der Waals surface area contributed by atoms with E-state index in [1.165, 1.54) is 24.5 Å². The minimum atomic E-state index is -4.39. The maximum absolute atomic E-state index is 13.0. The van der Waals surface area contributed by atoms with Gasteiger partial charge in [-0.2, -0.15) is 13.2 Å². The van der Waals surface area contributed by atoms with Gasteiger partial charge in [0, 0.05) is 12.5 Å². The lowest BCUT2D eigenvalue weighted by molar-refractivity contribution is -0.138. The zero-order chi connectivity index (χ0) is 16.0. The number of hydrogen-bond donors (Lipinski definition) is 0. The zero-order valence-electron chi connectivity index (χ0n) is 11.8. The molecule has 0 aliphatic rings. The van der Waals surface area contributed by atoms with E-state index in [9.17, 15) is 13.2 Å². The van der Waals surface area contributed by atoms with Crippen molar-refractivity contribution >= 4 is 0 Å². The molecule has 0 radical (unpaired) electrons. The van der Waals surface area contributed by atoms with Crippen molar-refractivity contribution in [3.8, 4) is 17.7 Å².